The molecule has 0 radical (unpaired) electrons. The smallest absolute Gasteiger partial charge is 0.312 e. The van der Waals surface area contributed by atoms with Crippen LogP contribution < -0.4 is 9.64 Å². The van der Waals surface area contributed by atoms with E-state index >= 15 is 0 Å². The molecule has 1 atom stereocenters. The standard InChI is InChI=1S/C19H19NO4/c1-12-7-8-13(2)17(9-12)24-11-18(21)20-10-15(19(22)23)14-5-3-4-6-16(14)20/h3-9,15H,10-11H2,1-2H3,(H,22,23). The number of aliphatic carboxylic acids is 1. The molecule has 0 bridgehead atoms. The predicted molar refractivity (Wildman–Crippen MR) is 90.6 cm³/mol. The number of carbonyl (C=O) groups excluding carboxylic acids is 1. The number of carbonyl (C=O) groups is 2. The summed E-state index contributed by atoms with van der Waals surface area (Å²) in [7, 11) is 0. The van der Waals surface area contributed by atoms with Gasteiger partial charge in [0.25, 0.3) is 5.91 Å². The molecule has 5 nitrogen and oxygen atoms in total. The summed E-state index contributed by atoms with van der Waals surface area (Å²) >= 11 is 0. The first-order valence-corrected chi connectivity index (χ1v) is 7.79. The van der Waals surface area contributed by atoms with E-state index in [0.717, 1.165) is 11.1 Å². The van der Waals surface area contributed by atoms with Crippen molar-refractivity contribution in [2.24, 2.45) is 0 Å². The molecule has 1 N–H and O–H groups in total. The summed E-state index contributed by atoms with van der Waals surface area (Å²) in [5, 5.41) is 9.37. The molecule has 3 rings (SSSR count). The van der Waals surface area contributed by atoms with Crippen molar-refractivity contribution in [1.82, 2.24) is 0 Å². The molecule has 0 saturated heterocycles. The molecule has 0 saturated carbocycles. The Kier molecular flexibility index (Phi) is 4.25. The van der Waals surface area contributed by atoms with Crippen LogP contribution in [0.1, 0.15) is 22.6 Å². The molecule has 1 heterocycles. The molecule has 5 heteroatoms. The van der Waals surface area contributed by atoms with E-state index in [9.17, 15) is 14.7 Å². The first kappa shape index (κ1) is 16.1. The van der Waals surface area contributed by atoms with Crippen LogP contribution in [0, 0.1) is 13.8 Å². The van der Waals surface area contributed by atoms with Gasteiger partial charge in [0.05, 0.1) is 0 Å². The van der Waals surface area contributed by atoms with E-state index in [1.165, 1.54) is 4.90 Å². The minimum Gasteiger partial charge on any atom is -0.483 e. The highest BCUT2D eigenvalue weighted by atomic mass is 16.5. The fourth-order valence-electron chi connectivity index (χ4n) is 2.93. The lowest BCUT2D eigenvalue weighted by Gasteiger charge is -2.18. The Morgan fingerprint density at radius 1 is 1.21 bits per heavy atom. The number of para-hydroxylation sites is 1. The molecule has 2 aromatic rings. The maximum atomic E-state index is 12.6. The van der Waals surface area contributed by atoms with Crippen molar-refractivity contribution in [2.45, 2.75) is 19.8 Å². The van der Waals surface area contributed by atoms with Crippen LogP contribution in [0.25, 0.3) is 0 Å². The largest absolute Gasteiger partial charge is 0.483 e. The number of hydrogen-bond donors (Lipinski definition) is 1. The Balaban J connectivity index is 1.76. The van der Waals surface area contributed by atoms with Gasteiger partial charge in [-0.2, -0.15) is 0 Å². The summed E-state index contributed by atoms with van der Waals surface area (Å²) in [4.78, 5) is 25.5. The van der Waals surface area contributed by atoms with Crippen LogP contribution in [-0.2, 0) is 9.59 Å². The molecule has 24 heavy (non-hydrogen) atoms. The molecule has 0 aromatic heterocycles. The fraction of sp³-hybridized carbons (Fsp3) is 0.263. The highest BCUT2D eigenvalue weighted by Crippen LogP contribution is 2.36. The van der Waals surface area contributed by atoms with Gasteiger partial charge in [0.15, 0.2) is 6.61 Å². The normalized spacial score (nSPS) is 15.9. The summed E-state index contributed by atoms with van der Waals surface area (Å²) in [6.45, 7) is 3.90. The molecule has 1 unspecified atom stereocenters. The van der Waals surface area contributed by atoms with Crippen LogP contribution in [0.3, 0.4) is 0 Å². The first-order valence-electron chi connectivity index (χ1n) is 7.79. The molecule has 124 valence electrons. The molecule has 2 aromatic carbocycles. The van der Waals surface area contributed by atoms with Gasteiger partial charge in [-0.15, -0.1) is 0 Å². The average Bonchev–Trinajstić information content (AvgIpc) is 2.95. The van der Waals surface area contributed by atoms with E-state index in [-0.39, 0.29) is 19.1 Å². The Labute approximate surface area is 140 Å². The molecular formula is C19H19NO4. The number of amides is 1. The van der Waals surface area contributed by atoms with Crippen LogP contribution in [0.4, 0.5) is 5.69 Å². The van der Waals surface area contributed by atoms with Crippen molar-refractivity contribution in [3.63, 3.8) is 0 Å². The Bertz CT molecular complexity index is 800. The molecule has 1 aliphatic heterocycles. The lowest BCUT2D eigenvalue weighted by atomic mass is 10.0. The van der Waals surface area contributed by atoms with Crippen LogP contribution in [-0.4, -0.2) is 30.1 Å². The van der Waals surface area contributed by atoms with Gasteiger partial charge in [0.1, 0.15) is 11.7 Å². The lowest BCUT2D eigenvalue weighted by Crippen LogP contribution is -2.35. The van der Waals surface area contributed by atoms with Gasteiger partial charge in [-0.05, 0) is 42.7 Å². The van der Waals surface area contributed by atoms with E-state index in [1.807, 2.05) is 32.0 Å². The van der Waals surface area contributed by atoms with Gasteiger partial charge in [0.2, 0.25) is 0 Å². The Morgan fingerprint density at radius 3 is 2.71 bits per heavy atom. The topological polar surface area (TPSA) is 66.8 Å². The zero-order valence-corrected chi connectivity index (χ0v) is 13.7. The fourth-order valence-corrected chi connectivity index (χ4v) is 2.93. The third-order valence-electron chi connectivity index (χ3n) is 4.26. The number of ether oxygens (including phenoxy) is 1. The second-order valence-electron chi connectivity index (χ2n) is 6.01. The minimum atomic E-state index is -0.923. The molecular weight excluding hydrogens is 306 g/mol. The molecule has 0 aliphatic carbocycles. The van der Waals surface area contributed by atoms with Crippen molar-refractivity contribution in [2.75, 3.05) is 18.1 Å². The third-order valence-corrected chi connectivity index (χ3v) is 4.26. The number of benzene rings is 2. The number of nitrogens with zero attached hydrogens (tertiary/aromatic N) is 1. The van der Waals surface area contributed by atoms with Gasteiger partial charge < -0.3 is 14.7 Å². The van der Waals surface area contributed by atoms with E-state index < -0.39 is 11.9 Å². The second kappa shape index (κ2) is 6.35. The van der Waals surface area contributed by atoms with Gasteiger partial charge in [-0.1, -0.05) is 30.3 Å². The maximum Gasteiger partial charge on any atom is 0.312 e. The number of carboxylic acids is 1. The van der Waals surface area contributed by atoms with E-state index in [2.05, 4.69) is 0 Å². The minimum absolute atomic E-state index is 0.120. The highest BCUT2D eigenvalue weighted by molar-refractivity contribution is 5.99. The Hall–Kier alpha value is -2.82. The predicted octanol–water partition coefficient (Wildman–Crippen LogP) is 2.90. The van der Waals surface area contributed by atoms with E-state index in [4.69, 9.17) is 4.74 Å². The maximum absolute atomic E-state index is 12.6. The SMILES string of the molecule is Cc1ccc(C)c(OCC(=O)N2CC(C(=O)O)c3ccccc32)c1. The number of rotatable bonds is 4. The van der Waals surface area contributed by atoms with Crippen molar-refractivity contribution < 1.29 is 19.4 Å². The highest BCUT2D eigenvalue weighted by Gasteiger charge is 2.36. The molecule has 0 fully saturated rings. The van der Waals surface area contributed by atoms with E-state index in [1.54, 1.807) is 24.3 Å². The van der Waals surface area contributed by atoms with Gasteiger partial charge >= 0.3 is 5.97 Å². The van der Waals surface area contributed by atoms with Gasteiger partial charge in [-0.25, -0.2) is 0 Å². The summed E-state index contributed by atoms with van der Waals surface area (Å²) in [5.74, 6) is -1.18. The Morgan fingerprint density at radius 2 is 1.96 bits per heavy atom. The van der Waals surface area contributed by atoms with Gasteiger partial charge in [0, 0.05) is 12.2 Å². The first-order chi connectivity index (χ1) is 11.5. The number of aryl methyl sites for hydroxylation is 2. The third kappa shape index (κ3) is 2.97. The molecule has 0 spiro atoms. The summed E-state index contributed by atoms with van der Waals surface area (Å²) in [6.07, 6.45) is 0. The van der Waals surface area contributed by atoms with Crippen LogP contribution in [0.5, 0.6) is 5.75 Å². The second-order valence-corrected chi connectivity index (χ2v) is 6.01. The van der Waals surface area contributed by atoms with Crippen molar-refractivity contribution in [3.05, 3.63) is 59.2 Å². The van der Waals surface area contributed by atoms with Crippen molar-refractivity contribution in [3.8, 4) is 5.75 Å². The van der Waals surface area contributed by atoms with Crippen LogP contribution >= 0.6 is 0 Å². The number of anilines is 1. The lowest BCUT2D eigenvalue weighted by molar-refractivity contribution is -0.138. The molecule has 1 aliphatic rings. The average molecular weight is 325 g/mol. The monoisotopic (exact) mass is 325 g/mol. The van der Waals surface area contributed by atoms with Crippen molar-refractivity contribution >= 4 is 17.6 Å². The summed E-state index contributed by atoms with van der Waals surface area (Å²) in [5.41, 5.74) is 3.34. The number of hydrogen-bond acceptors (Lipinski definition) is 3. The quantitative estimate of drug-likeness (QED) is 0.938. The van der Waals surface area contributed by atoms with Crippen molar-refractivity contribution in [1.29, 1.82) is 0 Å². The van der Waals surface area contributed by atoms with Crippen LogP contribution in [0.15, 0.2) is 42.5 Å². The number of fused-ring (bicyclic) bond motifs is 1. The summed E-state index contributed by atoms with van der Waals surface area (Å²) in [6, 6.07) is 12.9. The zero-order chi connectivity index (χ0) is 17.3. The number of carboxylic acid groups (broad SMARTS) is 1. The van der Waals surface area contributed by atoms with Gasteiger partial charge in [-0.3, -0.25) is 9.59 Å². The van der Waals surface area contributed by atoms with Crippen LogP contribution in [0.2, 0.25) is 0 Å². The summed E-state index contributed by atoms with van der Waals surface area (Å²) < 4.78 is 5.66. The molecule has 1 amide bonds. The van der Waals surface area contributed by atoms with E-state index in [0.29, 0.717) is 17.0 Å². The zero-order valence-electron chi connectivity index (χ0n) is 13.7.